The van der Waals surface area contributed by atoms with Crippen molar-refractivity contribution in [3.05, 3.63) is 77.4 Å². The highest BCUT2D eigenvalue weighted by Crippen LogP contribution is 2.31. The minimum atomic E-state index is -5.67. The zero-order valence-corrected chi connectivity index (χ0v) is 19.0. The number of sulfone groups is 1. The van der Waals surface area contributed by atoms with Crippen molar-refractivity contribution >= 4 is 33.0 Å². The Bertz CT molecular complexity index is 1500. The van der Waals surface area contributed by atoms with E-state index in [1.807, 2.05) is 0 Å². The minimum absolute atomic E-state index is 0.0581. The number of alkyl halides is 3. The van der Waals surface area contributed by atoms with Gasteiger partial charge in [0.25, 0.3) is 21.7 Å². The topological polar surface area (TPSA) is 114 Å². The molecule has 13 heteroatoms. The van der Waals surface area contributed by atoms with E-state index >= 15 is 0 Å². The Morgan fingerprint density at radius 3 is 2.36 bits per heavy atom. The van der Waals surface area contributed by atoms with Gasteiger partial charge in [0.1, 0.15) is 22.8 Å². The number of nitrogens with zero attached hydrogens (tertiary/aromatic N) is 1. The van der Waals surface area contributed by atoms with Crippen molar-refractivity contribution < 1.29 is 40.3 Å². The summed E-state index contributed by atoms with van der Waals surface area (Å²) < 4.78 is 80.9. The molecule has 186 valence electrons. The van der Waals surface area contributed by atoms with Crippen LogP contribution in [0.5, 0.6) is 5.75 Å². The summed E-state index contributed by atoms with van der Waals surface area (Å²) in [6, 6.07) is 7.58. The van der Waals surface area contributed by atoms with E-state index in [1.54, 1.807) is 0 Å². The first-order valence-corrected chi connectivity index (χ1v) is 11.2. The number of methoxy groups -OCH3 is 1. The standard InChI is InChI=1S/C23H15F4N3O5S/c1-3-14-11-20(35-2)18(12-28-14)22(32)30-19-8-7-13(24)9-17(19)21(31)29-15-5-4-6-16(10-15)36(33,34)23(25,26)27/h1,4-12H,2H3,(H,29,31)(H,30,32). The van der Waals surface area contributed by atoms with E-state index in [4.69, 9.17) is 11.2 Å². The van der Waals surface area contributed by atoms with Crippen molar-refractivity contribution in [2.24, 2.45) is 0 Å². The Labute approximate surface area is 202 Å². The van der Waals surface area contributed by atoms with Gasteiger partial charge in [0, 0.05) is 18.0 Å². The average molecular weight is 521 g/mol. The third-order valence-electron chi connectivity index (χ3n) is 4.66. The summed E-state index contributed by atoms with van der Waals surface area (Å²) in [5.74, 6) is -0.340. The van der Waals surface area contributed by atoms with Crippen LogP contribution in [0, 0.1) is 18.2 Å². The Hall–Kier alpha value is -4.44. The average Bonchev–Trinajstić information content (AvgIpc) is 2.84. The largest absolute Gasteiger partial charge is 0.501 e. The molecule has 0 aliphatic heterocycles. The highest BCUT2D eigenvalue weighted by atomic mass is 32.2. The zero-order valence-electron chi connectivity index (χ0n) is 18.2. The molecule has 0 unspecified atom stereocenters. The van der Waals surface area contributed by atoms with Gasteiger partial charge in [0.2, 0.25) is 0 Å². The van der Waals surface area contributed by atoms with Crippen molar-refractivity contribution in [1.82, 2.24) is 4.98 Å². The number of nitrogens with one attached hydrogen (secondary N) is 2. The number of terminal acetylenes is 1. The number of ether oxygens (including phenoxy) is 1. The lowest BCUT2D eigenvalue weighted by Gasteiger charge is -2.14. The van der Waals surface area contributed by atoms with Crippen LogP contribution in [0.1, 0.15) is 26.4 Å². The summed E-state index contributed by atoms with van der Waals surface area (Å²) in [5, 5.41) is 4.60. The van der Waals surface area contributed by atoms with Gasteiger partial charge >= 0.3 is 5.51 Å². The van der Waals surface area contributed by atoms with Gasteiger partial charge in [-0.15, -0.1) is 6.42 Å². The quantitative estimate of drug-likeness (QED) is 0.374. The SMILES string of the molecule is C#Cc1cc(OC)c(C(=O)Nc2ccc(F)cc2C(=O)Nc2cccc(S(=O)(=O)C(F)(F)F)c2)cn1. The molecule has 0 saturated carbocycles. The number of halogens is 4. The van der Waals surface area contributed by atoms with Gasteiger partial charge in [-0.25, -0.2) is 17.8 Å². The van der Waals surface area contributed by atoms with E-state index in [0.717, 1.165) is 36.5 Å². The number of rotatable bonds is 6. The number of carbonyl (C=O) groups is 2. The summed E-state index contributed by atoms with van der Waals surface area (Å²) >= 11 is 0. The van der Waals surface area contributed by atoms with Crippen LogP contribution in [0.25, 0.3) is 0 Å². The number of hydrogen-bond donors (Lipinski definition) is 2. The Balaban J connectivity index is 1.91. The second-order valence-electron chi connectivity index (χ2n) is 6.99. The van der Waals surface area contributed by atoms with Gasteiger partial charge in [-0.05, 0) is 36.4 Å². The van der Waals surface area contributed by atoms with Crippen LogP contribution in [-0.4, -0.2) is 37.8 Å². The summed E-state index contributed by atoms with van der Waals surface area (Å²) in [5.41, 5.74) is -6.30. The maximum Gasteiger partial charge on any atom is 0.501 e. The molecule has 0 aliphatic carbocycles. The summed E-state index contributed by atoms with van der Waals surface area (Å²) in [4.78, 5) is 28.4. The zero-order chi connectivity index (χ0) is 26.7. The number of anilines is 2. The monoisotopic (exact) mass is 521 g/mol. The molecule has 36 heavy (non-hydrogen) atoms. The number of benzene rings is 2. The maximum atomic E-state index is 13.9. The first kappa shape index (κ1) is 26.2. The molecule has 3 rings (SSSR count). The van der Waals surface area contributed by atoms with Crippen LogP contribution in [0.15, 0.2) is 59.6 Å². The third kappa shape index (κ3) is 5.44. The fourth-order valence-electron chi connectivity index (χ4n) is 2.93. The Morgan fingerprint density at radius 2 is 1.72 bits per heavy atom. The lowest BCUT2D eigenvalue weighted by molar-refractivity contribution is -0.0436. The molecular formula is C23H15F4N3O5S. The van der Waals surface area contributed by atoms with E-state index < -0.39 is 43.4 Å². The molecule has 0 saturated heterocycles. The molecule has 2 N–H and O–H groups in total. The minimum Gasteiger partial charge on any atom is -0.496 e. The second kappa shape index (κ2) is 10.0. The normalized spacial score (nSPS) is 11.3. The van der Waals surface area contributed by atoms with Gasteiger partial charge in [0.15, 0.2) is 0 Å². The molecule has 0 atom stereocenters. The fraction of sp³-hybridized carbons (Fsp3) is 0.0870. The molecule has 0 aliphatic rings. The summed E-state index contributed by atoms with van der Waals surface area (Å²) in [6.45, 7) is 0. The number of aromatic nitrogens is 1. The van der Waals surface area contributed by atoms with Crippen LogP contribution in [0.3, 0.4) is 0 Å². The molecule has 0 bridgehead atoms. The number of amides is 2. The maximum absolute atomic E-state index is 13.9. The molecule has 2 amide bonds. The summed E-state index contributed by atoms with van der Waals surface area (Å²) in [6.07, 6.45) is 6.41. The number of carbonyl (C=O) groups excluding carboxylic acids is 2. The van der Waals surface area contributed by atoms with Crippen molar-refractivity contribution in [2.45, 2.75) is 10.4 Å². The third-order valence-corrected chi connectivity index (χ3v) is 6.14. The van der Waals surface area contributed by atoms with Crippen LogP contribution >= 0.6 is 0 Å². The Kier molecular flexibility index (Phi) is 7.30. The van der Waals surface area contributed by atoms with Crippen LogP contribution in [-0.2, 0) is 9.84 Å². The molecule has 8 nitrogen and oxygen atoms in total. The lowest BCUT2D eigenvalue weighted by Crippen LogP contribution is -2.23. The van der Waals surface area contributed by atoms with Crippen LogP contribution in [0.2, 0.25) is 0 Å². The van der Waals surface area contributed by atoms with E-state index in [2.05, 4.69) is 21.5 Å². The van der Waals surface area contributed by atoms with Crippen molar-refractivity contribution in [3.63, 3.8) is 0 Å². The second-order valence-corrected chi connectivity index (χ2v) is 8.93. The molecule has 1 aromatic heterocycles. The van der Waals surface area contributed by atoms with Gasteiger partial charge in [-0.1, -0.05) is 12.0 Å². The Morgan fingerprint density at radius 1 is 1.03 bits per heavy atom. The van der Waals surface area contributed by atoms with Crippen molar-refractivity contribution in [3.8, 4) is 18.1 Å². The van der Waals surface area contributed by atoms with Gasteiger partial charge in [-0.3, -0.25) is 9.59 Å². The highest BCUT2D eigenvalue weighted by Gasteiger charge is 2.46. The van der Waals surface area contributed by atoms with Gasteiger partial charge in [-0.2, -0.15) is 13.2 Å². The predicted molar refractivity (Wildman–Crippen MR) is 121 cm³/mol. The molecule has 0 fully saturated rings. The molecule has 2 aromatic carbocycles. The first-order valence-electron chi connectivity index (χ1n) is 9.71. The molecule has 1 heterocycles. The predicted octanol–water partition coefficient (Wildman–Crippen LogP) is 4.01. The van der Waals surface area contributed by atoms with E-state index in [1.165, 1.54) is 13.2 Å². The van der Waals surface area contributed by atoms with E-state index in [-0.39, 0.29) is 28.4 Å². The van der Waals surface area contributed by atoms with Crippen molar-refractivity contribution in [1.29, 1.82) is 0 Å². The van der Waals surface area contributed by atoms with Crippen LogP contribution in [0.4, 0.5) is 28.9 Å². The van der Waals surface area contributed by atoms with Crippen molar-refractivity contribution in [2.75, 3.05) is 17.7 Å². The lowest BCUT2D eigenvalue weighted by atomic mass is 10.1. The smallest absolute Gasteiger partial charge is 0.496 e. The molecular weight excluding hydrogens is 506 g/mol. The van der Waals surface area contributed by atoms with Gasteiger partial charge < -0.3 is 15.4 Å². The highest BCUT2D eigenvalue weighted by molar-refractivity contribution is 7.92. The fourth-order valence-corrected chi connectivity index (χ4v) is 3.74. The van der Waals surface area contributed by atoms with Gasteiger partial charge in [0.05, 0.1) is 23.3 Å². The summed E-state index contributed by atoms with van der Waals surface area (Å²) in [7, 11) is -4.38. The first-order chi connectivity index (χ1) is 16.9. The molecule has 0 spiro atoms. The molecule has 3 aromatic rings. The number of hydrogen-bond acceptors (Lipinski definition) is 6. The van der Waals surface area contributed by atoms with E-state index in [9.17, 15) is 35.6 Å². The molecule has 0 radical (unpaired) electrons. The number of pyridine rings is 1. The van der Waals surface area contributed by atoms with E-state index in [0.29, 0.717) is 12.1 Å². The van der Waals surface area contributed by atoms with Crippen LogP contribution < -0.4 is 15.4 Å².